The zero-order chi connectivity index (χ0) is 20.4. The molecule has 0 fully saturated rings. The number of hydrogen-bond acceptors (Lipinski definition) is 6. The van der Waals surface area contributed by atoms with Crippen LogP contribution in [0, 0.1) is 24.0 Å². The summed E-state index contributed by atoms with van der Waals surface area (Å²) in [5.41, 5.74) is 2.46. The number of nitro groups is 1. The van der Waals surface area contributed by atoms with E-state index in [1.807, 2.05) is 32.0 Å². The van der Waals surface area contributed by atoms with Gasteiger partial charge in [-0.15, -0.1) is 11.3 Å². The van der Waals surface area contributed by atoms with E-state index >= 15 is 0 Å². The van der Waals surface area contributed by atoms with E-state index in [1.54, 1.807) is 7.11 Å². The summed E-state index contributed by atoms with van der Waals surface area (Å²) in [6, 6.07) is 9.64. The third-order valence-corrected chi connectivity index (χ3v) is 5.30. The number of ether oxygens (including phenoxy) is 1. The van der Waals surface area contributed by atoms with E-state index in [-0.39, 0.29) is 16.3 Å². The van der Waals surface area contributed by atoms with Crippen molar-refractivity contribution in [3.05, 3.63) is 67.5 Å². The number of amides is 1. The van der Waals surface area contributed by atoms with Gasteiger partial charge in [0.25, 0.3) is 11.6 Å². The number of methoxy groups -OCH3 is 1. The highest BCUT2D eigenvalue weighted by atomic mass is 35.5. The van der Waals surface area contributed by atoms with Crippen molar-refractivity contribution in [3.63, 3.8) is 0 Å². The van der Waals surface area contributed by atoms with Gasteiger partial charge in [-0.2, -0.15) is 0 Å². The monoisotopic (exact) mass is 417 g/mol. The number of halogens is 1. The maximum Gasteiger partial charge on any atom is 0.288 e. The molecule has 1 aromatic heterocycles. The summed E-state index contributed by atoms with van der Waals surface area (Å²) in [5, 5.41) is 14.1. The topological polar surface area (TPSA) is 94.4 Å². The Balaban J connectivity index is 1.86. The molecular formula is C19H16ClN3O4S. The van der Waals surface area contributed by atoms with E-state index < -0.39 is 10.8 Å². The molecule has 7 nitrogen and oxygen atoms in total. The van der Waals surface area contributed by atoms with Gasteiger partial charge in [0.2, 0.25) is 0 Å². The number of carbonyl (C=O) groups is 1. The lowest BCUT2D eigenvalue weighted by Gasteiger charge is -2.06. The SMILES string of the molecule is COc1ccc(-c2nc(NC(=O)c3ccc(Cl)c([N+](=O)[O-])c3)sc2C)cc1C. The molecule has 0 radical (unpaired) electrons. The van der Waals surface area contributed by atoms with Crippen LogP contribution in [0.2, 0.25) is 5.02 Å². The molecule has 0 saturated carbocycles. The Kier molecular flexibility index (Phi) is 5.62. The highest BCUT2D eigenvalue weighted by Crippen LogP contribution is 2.33. The number of nitrogens with zero attached hydrogens (tertiary/aromatic N) is 2. The maximum atomic E-state index is 12.5. The van der Waals surface area contributed by atoms with Crippen LogP contribution in [0.25, 0.3) is 11.3 Å². The van der Waals surface area contributed by atoms with Crippen molar-refractivity contribution in [2.24, 2.45) is 0 Å². The fourth-order valence-electron chi connectivity index (χ4n) is 2.71. The number of nitrogens with one attached hydrogen (secondary N) is 1. The van der Waals surface area contributed by atoms with Gasteiger partial charge in [-0.25, -0.2) is 4.98 Å². The van der Waals surface area contributed by atoms with Crippen LogP contribution in [0.3, 0.4) is 0 Å². The number of benzene rings is 2. The Morgan fingerprint density at radius 2 is 2.00 bits per heavy atom. The third kappa shape index (κ3) is 3.97. The molecule has 2 aromatic carbocycles. The van der Waals surface area contributed by atoms with E-state index in [9.17, 15) is 14.9 Å². The fourth-order valence-corrected chi connectivity index (χ4v) is 3.72. The summed E-state index contributed by atoms with van der Waals surface area (Å²) in [4.78, 5) is 28.3. The van der Waals surface area contributed by atoms with Crippen molar-refractivity contribution in [1.82, 2.24) is 4.98 Å². The number of thiazole rings is 1. The van der Waals surface area contributed by atoms with Crippen LogP contribution >= 0.6 is 22.9 Å². The minimum Gasteiger partial charge on any atom is -0.496 e. The number of rotatable bonds is 5. The Hall–Kier alpha value is -2.97. The van der Waals surface area contributed by atoms with Crippen LogP contribution in [0.4, 0.5) is 10.8 Å². The first-order valence-corrected chi connectivity index (χ1v) is 9.37. The summed E-state index contributed by atoms with van der Waals surface area (Å²) in [6.45, 7) is 3.86. The molecule has 3 rings (SSSR count). The van der Waals surface area contributed by atoms with Crippen LogP contribution in [0.15, 0.2) is 36.4 Å². The standard InChI is InChI=1S/C19H16ClN3O4S/c1-10-8-12(5-7-16(10)27-3)17-11(2)28-19(21-17)22-18(24)13-4-6-14(20)15(9-13)23(25)26/h4-9H,1-3H3,(H,21,22,24). The van der Waals surface area contributed by atoms with E-state index in [0.717, 1.165) is 33.5 Å². The van der Waals surface area contributed by atoms with Crippen molar-refractivity contribution in [2.45, 2.75) is 13.8 Å². The van der Waals surface area contributed by atoms with Crippen LogP contribution in [0.5, 0.6) is 5.75 Å². The second-order valence-corrected chi connectivity index (χ2v) is 7.60. The molecule has 0 saturated heterocycles. The Bertz CT molecular complexity index is 1080. The Morgan fingerprint density at radius 1 is 1.25 bits per heavy atom. The fraction of sp³-hybridized carbons (Fsp3) is 0.158. The summed E-state index contributed by atoms with van der Waals surface area (Å²) < 4.78 is 5.28. The number of hydrogen-bond donors (Lipinski definition) is 1. The third-order valence-electron chi connectivity index (χ3n) is 4.09. The van der Waals surface area contributed by atoms with E-state index in [4.69, 9.17) is 16.3 Å². The predicted octanol–water partition coefficient (Wildman–Crippen LogP) is 5.25. The molecule has 0 atom stereocenters. The lowest BCUT2D eigenvalue weighted by molar-refractivity contribution is -0.384. The lowest BCUT2D eigenvalue weighted by atomic mass is 10.1. The van der Waals surface area contributed by atoms with E-state index in [2.05, 4.69) is 10.3 Å². The van der Waals surface area contributed by atoms with Crippen molar-refractivity contribution < 1.29 is 14.5 Å². The second-order valence-electron chi connectivity index (χ2n) is 5.99. The zero-order valence-electron chi connectivity index (χ0n) is 15.3. The van der Waals surface area contributed by atoms with Gasteiger partial charge in [0.05, 0.1) is 17.7 Å². The summed E-state index contributed by atoms with van der Waals surface area (Å²) in [5.74, 6) is 0.292. The second kappa shape index (κ2) is 7.95. The highest BCUT2D eigenvalue weighted by molar-refractivity contribution is 7.16. The summed E-state index contributed by atoms with van der Waals surface area (Å²) in [6.07, 6.45) is 0. The van der Waals surface area contributed by atoms with Gasteiger partial charge < -0.3 is 4.74 Å². The summed E-state index contributed by atoms with van der Waals surface area (Å²) in [7, 11) is 1.62. The van der Waals surface area contributed by atoms with Gasteiger partial charge >= 0.3 is 0 Å². The smallest absolute Gasteiger partial charge is 0.288 e. The molecule has 28 heavy (non-hydrogen) atoms. The van der Waals surface area contributed by atoms with Gasteiger partial charge in [-0.05, 0) is 49.7 Å². The molecule has 0 aliphatic heterocycles. The molecule has 144 valence electrons. The average Bonchev–Trinajstić information content (AvgIpc) is 3.01. The van der Waals surface area contributed by atoms with Gasteiger partial charge in [0.1, 0.15) is 10.8 Å². The van der Waals surface area contributed by atoms with Crippen molar-refractivity contribution >= 4 is 39.7 Å². The van der Waals surface area contributed by atoms with E-state index in [0.29, 0.717) is 5.13 Å². The van der Waals surface area contributed by atoms with Crippen molar-refractivity contribution in [1.29, 1.82) is 0 Å². The van der Waals surface area contributed by atoms with Crippen LogP contribution in [-0.2, 0) is 0 Å². The van der Waals surface area contributed by atoms with Gasteiger partial charge in [0.15, 0.2) is 5.13 Å². The van der Waals surface area contributed by atoms with Crippen LogP contribution < -0.4 is 10.1 Å². The van der Waals surface area contributed by atoms with Crippen molar-refractivity contribution in [3.8, 4) is 17.0 Å². The first kappa shape index (κ1) is 19.8. The van der Waals surface area contributed by atoms with Gasteiger partial charge in [0, 0.05) is 22.1 Å². The predicted molar refractivity (Wildman–Crippen MR) is 110 cm³/mol. The lowest BCUT2D eigenvalue weighted by Crippen LogP contribution is -2.12. The zero-order valence-corrected chi connectivity index (χ0v) is 16.9. The Labute approximate surface area is 170 Å². The first-order valence-electron chi connectivity index (χ1n) is 8.18. The number of aromatic nitrogens is 1. The first-order chi connectivity index (χ1) is 13.3. The quantitative estimate of drug-likeness (QED) is 0.452. The average molecular weight is 418 g/mol. The number of nitro benzene ring substituents is 1. The minimum absolute atomic E-state index is 0.0243. The summed E-state index contributed by atoms with van der Waals surface area (Å²) >= 11 is 7.12. The normalized spacial score (nSPS) is 10.6. The molecular weight excluding hydrogens is 402 g/mol. The molecule has 1 N–H and O–H groups in total. The number of carbonyl (C=O) groups excluding carboxylic acids is 1. The van der Waals surface area contributed by atoms with Gasteiger partial charge in [-0.3, -0.25) is 20.2 Å². The number of aryl methyl sites for hydroxylation is 2. The molecule has 0 aliphatic carbocycles. The molecule has 0 spiro atoms. The molecule has 9 heteroatoms. The molecule has 3 aromatic rings. The van der Waals surface area contributed by atoms with Crippen LogP contribution in [0.1, 0.15) is 20.8 Å². The molecule has 0 aliphatic rings. The minimum atomic E-state index is -0.628. The number of anilines is 1. The highest BCUT2D eigenvalue weighted by Gasteiger charge is 2.18. The largest absolute Gasteiger partial charge is 0.496 e. The molecule has 1 heterocycles. The van der Waals surface area contributed by atoms with Crippen molar-refractivity contribution in [2.75, 3.05) is 12.4 Å². The molecule has 0 bridgehead atoms. The van der Waals surface area contributed by atoms with Crippen LogP contribution in [-0.4, -0.2) is 22.9 Å². The molecule has 0 unspecified atom stereocenters. The van der Waals surface area contributed by atoms with E-state index in [1.165, 1.54) is 23.5 Å². The van der Waals surface area contributed by atoms with Gasteiger partial charge in [-0.1, -0.05) is 11.6 Å². The Morgan fingerprint density at radius 3 is 2.64 bits per heavy atom. The molecule has 1 amide bonds. The maximum absolute atomic E-state index is 12.5.